The number of aliphatic hydroxyl groups is 1. The molecule has 5 rings (SSSR count). The second-order valence-electron chi connectivity index (χ2n) is 13.8. The number of hydrogen-bond donors (Lipinski definition) is 1. The average molecular weight is 673 g/mol. The van der Waals surface area contributed by atoms with Gasteiger partial charge in [-0.15, -0.1) is 24.9 Å². The first-order chi connectivity index (χ1) is 23.1. The highest BCUT2D eigenvalue weighted by Crippen LogP contribution is 2.69. The van der Waals surface area contributed by atoms with Gasteiger partial charge in [0.25, 0.3) is 5.91 Å². The third kappa shape index (κ3) is 6.09. The summed E-state index contributed by atoms with van der Waals surface area (Å²) in [4.78, 5) is 52.2. The Bertz CT molecular complexity index is 1480. The van der Waals surface area contributed by atoms with Crippen molar-refractivity contribution in [3.05, 3.63) is 79.9 Å². The summed E-state index contributed by atoms with van der Waals surface area (Å²) in [5, 5.41) is 10.7. The molecule has 0 saturated carbocycles. The Morgan fingerprint density at radius 2 is 1.52 bits per heavy atom. The van der Waals surface area contributed by atoms with Crippen molar-refractivity contribution in [3.8, 4) is 0 Å². The monoisotopic (exact) mass is 672 g/mol. The van der Waals surface area contributed by atoms with E-state index in [1.807, 2.05) is 54.6 Å². The molecule has 2 bridgehead atoms. The van der Waals surface area contributed by atoms with Crippen molar-refractivity contribution in [2.45, 2.75) is 69.5 Å². The fourth-order valence-corrected chi connectivity index (χ4v) is 10.9. The number of likely N-dealkylation sites (tertiary alicyclic amines) is 1. The number of aliphatic hydroxyl groups excluding tert-OH is 1. The first kappa shape index (κ1) is 35.7. The van der Waals surface area contributed by atoms with Gasteiger partial charge in [0.2, 0.25) is 11.8 Å². The topological polar surface area (TPSA) is 84.4 Å². The zero-order valence-corrected chi connectivity index (χ0v) is 29.9. The largest absolute Gasteiger partial charge is 0.394 e. The highest BCUT2D eigenvalue weighted by molar-refractivity contribution is 8.02. The van der Waals surface area contributed by atoms with E-state index in [1.165, 1.54) is 0 Å². The summed E-state index contributed by atoms with van der Waals surface area (Å²) in [5.74, 6) is -1.61. The Balaban J connectivity index is 1.61. The van der Waals surface area contributed by atoms with E-state index in [1.54, 1.807) is 38.6 Å². The summed E-state index contributed by atoms with van der Waals surface area (Å²) >= 11 is 1.66. The van der Waals surface area contributed by atoms with Crippen LogP contribution in [0.1, 0.15) is 47.5 Å². The van der Waals surface area contributed by atoms with Crippen molar-refractivity contribution in [2.24, 2.45) is 23.7 Å². The molecular weight excluding hydrogens is 621 g/mol. The number of thioether (sulfide) groups is 1. The van der Waals surface area contributed by atoms with Gasteiger partial charge in [-0.3, -0.25) is 14.4 Å². The Labute approximate surface area is 290 Å². The van der Waals surface area contributed by atoms with E-state index in [4.69, 9.17) is 0 Å². The molecule has 2 aromatic carbocycles. The van der Waals surface area contributed by atoms with Crippen molar-refractivity contribution >= 4 is 46.5 Å². The van der Waals surface area contributed by atoms with E-state index in [0.717, 1.165) is 36.6 Å². The van der Waals surface area contributed by atoms with Crippen molar-refractivity contribution in [1.29, 1.82) is 0 Å². The number of rotatable bonds is 15. The molecule has 2 aromatic rings. The number of fused-ring (bicyclic) bond motifs is 1. The van der Waals surface area contributed by atoms with Crippen molar-refractivity contribution in [3.63, 3.8) is 0 Å². The molecule has 3 unspecified atom stereocenters. The third-order valence-corrected chi connectivity index (χ3v) is 12.6. The molecule has 1 spiro atoms. The van der Waals surface area contributed by atoms with E-state index in [9.17, 15) is 14.7 Å². The van der Waals surface area contributed by atoms with E-state index in [0.29, 0.717) is 13.0 Å². The van der Waals surface area contributed by atoms with Crippen LogP contribution in [0.3, 0.4) is 0 Å². The molecular formula is C39H52N4O4S. The number of para-hydroxylation sites is 1. The van der Waals surface area contributed by atoms with Gasteiger partial charge < -0.3 is 24.7 Å². The fourth-order valence-electron chi connectivity index (χ4n) is 8.51. The highest BCUT2D eigenvalue weighted by Gasteiger charge is 2.77. The van der Waals surface area contributed by atoms with Crippen molar-refractivity contribution in [2.75, 3.05) is 47.5 Å². The smallest absolute Gasteiger partial charge is 0.251 e. The Morgan fingerprint density at radius 1 is 0.958 bits per heavy atom. The van der Waals surface area contributed by atoms with Gasteiger partial charge in [-0.05, 0) is 74.9 Å². The van der Waals surface area contributed by atoms with Crippen LogP contribution < -0.4 is 14.7 Å². The average Bonchev–Trinajstić information content (AvgIpc) is 3.69. The molecule has 3 aliphatic heterocycles. The molecule has 48 heavy (non-hydrogen) atoms. The highest BCUT2D eigenvalue weighted by atomic mass is 32.2. The summed E-state index contributed by atoms with van der Waals surface area (Å²) in [5.41, 5.74) is 2.56. The SMILES string of the molecule is C=CCN(C(=O)C1N([C@@H](CO)CC(C)C)C(=O)[C@@H]2[C@@H](C(=O)N(CC=C)c3ccccc3)[C@H]3CC(C)C12S3)c1ccc(N(CC)CC)cc1. The van der Waals surface area contributed by atoms with Crippen LogP contribution in [0.15, 0.2) is 79.9 Å². The minimum Gasteiger partial charge on any atom is -0.394 e. The van der Waals surface area contributed by atoms with Crippen LogP contribution in [-0.2, 0) is 14.4 Å². The molecule has 0 radical (unpaired) electrons. The lowest BCUT2D eigenvalue weighted by Crippen LogP contribution is -2.59. The van der Waals surface area contributed by atoms with Crippen LogP contribution in [-0.4, -0.2) is 82.6 Å². The molecule has 0 aromatic heterocycles. The van der Waals surface area contributed by atoms with Crippen LogP contribution in [0, 0.1) is 23.7 Å². The Kier molecular flexibility index (Phi) is 11.1. The number of anilines is 3. The lowest BCUT2D eigenvalue weighted by atomic mass is 9.65. The zero-order valence-electron chi connectivity index (χ0n) is 29.1. The van der Waals surface area contributed by atoms with E-state index < -0.39 is 28.7 Å². The van der Waals surface area contributed by atoms with Crippen LogP contribution in [0.5, 0.6) is 0 Å². The Hall–Kier alpha value is -3.56. The number of carbonyl (C=O) groups excluding carboxylic acids is 3. The van der Waals surface area contributed by atoms with Gasteiger partial charge in [0.15, 0.2) is 0 Å². The first-order valence-corrected chi connectivity index (χ1v) is 18.3. The normalized spacial score (nSPS) is 26.4. The van der Waals surface area contributed by atoms with Crippen LogP contribution in [0.25, 0.3) is 0 Å². The standard InChI is InChI=1S/C39H52N4O4S/c1-8-21-41(29-15-13-12-14-16-29)36(45)33-32-24-27(7)39(48-32)34(33)37(46)43(31(25-44)23-26(5)6)35(39)38(47)42(22-9-2)30-19-17-28(18-20-30)40(10-3)11-4/h8-9,12-20,26-27,31-35,44H,1-2,10-11,21-25H2,3-7H3/t27?,31-,32-,33+,34+,35?,39?/m1/s1. The van der Waals surface area contributed by atoms with Crippen LogP contribution in [0.2, 0.25) is 0 Å². The second kappa shape index (κ2) is 14.9. The molecule has 0 aliphatic carbocycles. The molecule has 258 valence electrons. The minimum absolute atomic E-state index is 0.00282. The maximum atomic E-state index is 15.2. The molecule has 9 heteroatoms. The van der Waals surface area contributed by atoms with Crippen molar-refractivity contribution in [1.82, 2.24) is 4.90 Å². The minimum atomic E-state index is -0.847. The number of benzene rings is 2. The van der Waals surface area contributed by atoms with Gasteiger partial charge in [-0.1, -0.05) is 51.1 Å². The summed E-state index contributed by atoms with van der Waals surface area (Å²) in [6, 6.07) is 16.1. The lowest BCUT2D eigenvalue weighted by Gasteiger charge is -2.42. The molecule has 3 fully saturated rings. The predicted molar refractivity (Wildman–Crippen MR) is 197 cm³/mol. The molecule has 3 aliphatic rings. The van der Waals surface area contributed by atoms with Crippen molar-refractivity contribution < 1.29 is 19.5 Å². The fraction of sp³-hybridized carbons (Fsp3) is 0.513. The van der Waals surface area contributed by atoms with E-state index >= 15 is 4.79 Å². The van der Waals surface area contributed by atoms with E-state index in [-0.39, 0.29) is 48.0 Å². The maximum absolute atomic E-state index is 15.2. The number of hydrogen-bond acceptors (Lipinski definition) is 6. The molecule has 8 nitrogen and oxygen atoms in total. The molecule has 7 atom stereocenters. The molecule has 3 saturated heterocycles. The maximum Gasteiger partial charge on any atom is 0.251 e. The quantitative estimate of drug-likeness (QED) is 0.233. The van der Waals surface area contributed by atoms with Gasteiger partial charge >= 0.3 is 0 Å². The van der Waals surface area contributed by atoms with Gasteiger partial charge in [-0.2, -0.15) is 0 Å². The summed E-state index contributed by atoms with van der Waals surface area (Å²) in [6.45, 7) is 20.4. The molecule has 3 heterocycles. The number of amides is 3. The van der Waals surface area contributed by atoms with Gasteiger partial charge in [0, 0.05) is 48.5 Å². The molecule has 3 amide bonds. The molecule has 1 N–H and O–H groups in total. The predicted octanol–water partition coefficient (Wildman–Crippen LogP) is 6.02. The Morgan fingerprint density at radius 3 is 2.06 bits per heavy atom. The van der Waals surface area contributed by atoms with Crippen LogP contribution >= 0.6 is 11.8 Å². The summed E-state index contributed by atoms with van der Waals surface area (Å²) in [7, 11) is 0. The van der Waals surface area contributed by atoms with Gasteiger partial charge in [0.05, 0.1) is 29.2 Å². The first-order valence-electron chi connectivity index (χ1n) is 17.4. The summed E-state index contributed by atoms with van der Waals surface area (Å²) in [6.07, 6.45) is 4.70. The second-order valence-corrected chi connectivity index (χ2v) is 15.3. The zero-order chi connectivity index (χ0) is 34.7. The van der Waals surface area contributed by atoms with Gasteiger partial charge in [0.1, 0.15) is 6.04 Å². The van der Waals surface area contributed by atoms with E-state index in [2.05, 4.69) is 52.7 Å². The number of carbonyl (C=O) groups is 3. The number of nitrogens with zero attached hydrogens (tertiary/aromatic N) is 4. The third-order valence-electron chi connectivity index (χ3n) is 10.6. The summed E-state index contributed by atoms with van der Waals surface area (Å²) < 4.78 is -0.819. The van der Waals surface area contributed by atoms with Crippen LogP contribution in [0.4, 0.5) is 17.1 Å². The lowest BCUT2D eigenvalue weighted by molar-refractivity contribution is -0.142. The van der Waals surface area contributed by atoms with Gasteiger partial charge in [-0.25, -0.2) is 0 Å².